The first-order valence-electron chi connectivity index (χ1n) is 23.5. The molecule has 0 radical (unpaired) electrons. The summed E-state index contributed by atoms with van der Waals surface area (Å²) in [5.74, 6) is -5.59. The zero-order valence-corrected chi connectivity index (χ0v) is 39.1. The molecule has 66 heavy (non-hydrogen) atoms. The van der Waals surface area contributed by atoms with E-state index in [-0.39, 0.29) is 43.9 Å². The lowest BCUT2D eigenvalue weighted by Crippen LogP contribution is -2.59. The SMILES string of the molecule is CC(C)C[C@H](NC(=O)[C@@H](NC(=O)CCCCCCCCCCCCCCC(=O)N[C@@H](CC(N)=O)C(=O)N[C@@H](CCc1ccccc1)C(=O)O)C(C)O)C(=O)N[C@@H](Cc1ccccc1)C(N)=O. The van der Waals surface area contributed by atoms with Crippen LogP contribution in [0.3, 0.4) is 0 Å². The summed E-state index contributed by atoms with van der Waals surface area (Å²) in [5.41, 5.74) is 12.6. The van der Waals surface area contributed by atoms with E-state index in [9.17, 15) is 48.6 Å². The summed E-state index contributed by atoms with van der Waals surface area (Å²) in [6.45, 7) is 5.15. The Balaban J connectivity index is 1.61. The molecule has 1 unspecified atom stereocenters. The lowest BCUT2D eigenvalue weighted by Gasteiger charge is -2.26. The van der Waals surface area contributed by atoms with Crippen molar-refractivity contribution < 1.29 is 48.6 Å². The van der Waals surface area contributed by atoms with E-state index in [4.69, 9.17) is 11.5 Å². The van der Waals surface area contributed by atoms with Gasteiger partial charge in [0, 0.05) is 19.3 Å². The molecular formula is C49H75N7O10. The van der Waals surface area contributed by atoms with Gasteiger partial charge in [0.25, 0.3) is 0 Å². The molecule has 0 fully saturated rings. The number of aliphatic hydroxyl groups is 1. The van der Waals surface area contributed by atoms with Crippen molar-refractivity contribution in [1.82, 2.24) is 26.6 Å². The van der Waals surface area contributed by atoms with E-state index in [0.29, 0.717) is 19.3 Å². The molecule has 2 rings (SSSR count). The molecule has 17 nitrogen and oxygen atoms in total. The summed E-state index contributed by atoms with van der Waals surface area (Å²) in [6.07, 6.45) is 10.7. The molecule has 11 N–H and O–H groups in total. The molecule has 0 bridgehead atoms. The fourth-order valence-corrected chi connectivity index (χ4v) is 7.46. The number of amides is 7. The summed E-state index contributed by atoms with van der Waals surface area (Å²) >= 11 is 0. The number of carbonyl (C=O) groups is 8. The predicted molar refractivity (Wildman–Crippen MR) is 251 cm³/mol. The molecule has 7 amide bonds. The molecule has 0 saturated carbocycles. The van der Waals surface area contributed by atoms with E-state index in [1.54, 1.807) is 0 Å². The summed E-state index contributed by atoms with van der Waals surface area (Å²) in [5, 5.41) is 33.0. The molecule has 0 saturated heterocycles. The molecule has 0 heterocycles. The number of nitrogens with one attached hydrogen (secondary N) is 5. The normalized spacial score (nSPS) is 13.8. The molecule has 0 spiro atoms. The Bertz CT molecular complexity index is 1810. The average Bonchev–Trinajstić information content (AvgIpc) is 3.26. The van der Waals surface area contributed by atoms with Crippen molar-refractivity contribution in [1.29, 1.82) is 0 Å². The van der Waals surface area contributed by atoms with Crippen LogP contribution in [0, 0.1) is 5.92 Å². The van der Waals surface area contributed by atoms with Crippen molar-refractivity contribution in [2.75, 3.05) is 0 Å². The smallest absolute Gasteiger partial charge is 0.326 e. The molecule has 366 valence electrons. The van der Waals surface area contributed by atoms with Gasteiger partial charge in [-0.05, 0) is 56.1 Å². The van der Waals surface area contributed by atoms with Gasteiger partial charge in [-0.2, -0.15) is 0 Å². The Morgan fingerprint density at radius 1 is 0.530 bits per heavy atom. The van der Waals surface area contributed by atoms with Crippen LogP contribution in [0.2, 0.25) is 0 Å². The van der Waals surface area contributed by atoms with Gasteiger partial charge in [0.2, 0.25) is 41.4 Å². The Labute approximate surface area is 389 Å². The van der Waals surface area contributed by atoms with E-state index in [0.717, 1.165) is 75.3 Å². The molecule has 2 aromatic carbocycles. The van der Waals surface area contributed by atoms with Crippen LogP contribution in [0.4, 0.5) is 0 Å². The Morgan fingerprint density at radius 3 is 1.42 bits per heavy atom. The average molecular weight is 922 g/mol. The maximum absolute atomic E-state index is 13.3. The van der Waals surface area contributed by atoms with Crippen molar-refractivity contribution in [3.05, 3.63) is 71.8 Å². The second-order valence-electron chi connectivity index (χ2n) is 17.6. The maximum Gasteiger partial charge on any atom is 0.326 e. The number of aliphatic hydroxyl groups excluding tert-OH is 1. The highest BCUT2D eigenvalue weighted by Gasteiger charge is 2.32. The van der Waals surface area contributed by atoms with E-state index in [1.165, 1.54) is 6.92 Å². The van der Waals surface area contributed by atoms with E-state index < -0.39 is 84.1 Å². The summed E-state index contributed by atoms with van der Waals surface area (Å²) in [7, 11) is 0. The summed E-state index contributed by atoms with van der Waals surface area (Å²) in [4.78, 5) is 101. The molecule has 2 aromatic rings. The third-order valence-corrected chi connectivity index (χ3v) is 11.2. The number of benzene rings is 2. The number of carboxylic acids is 1. The van der Waals surface area contributed by atoms with Crippen LogP contribution in [0.1, 0.15) is 141 Å². The van der Waals surface area contributed by atoms with Gasteiger partial charge >= 0.3 is 5.97 Å². The number of unbranched alkanes of at least 4 members (excludes halogenated alkanes) is 11. The lowest BCUT2D eigenvalue weighted by molar-refractivity contribution is -0.142. The van der Waals surface area contributed by atoms with Crippen molar-refractivity contribution in [2.24, 2.45) is 17.4 Å². The number of rotatable bonds is 35. The number of aliphatic carboxylic acids is 1. The van der Waals surface area contributed by atoms with E-state index in [2.05, 4.69) is 26.6 Å². The minimum Gasteiger partial charge on any atom is -0.480 e. The first-order chi connectivity index (χ1) is 31.5. The summed E-state index contributed by atoms with van der Waals surface area (Å²) < 4.78 is 0. The van der Waals surface area contributed by atoms with Gasteiger partial charge in [0.1, 0.15) is 30.2 Å². The van der Waals surface area contributed by atoms with E-state index in [1.807, 2.05) is 74.5 Å². The molecule has 17 heteroatoms. The highest BCUT2D eigenvalue weighted by molar-refractivity contribution is 5.95. The van der Waals surface area contributed by atoms with Crippen LogP contribution in [0.5, 0.6) is 0 Å². The van der Waals surface area contributed by atoms with Gasteiger partial charge < -0.3 is 48.3 Å². The highest BCUT2D eigenvalue weighted by atomic mass is 16.4. The van der Waals surface area contributed by atoms with Gasteiger partial charge in [-0.3, -0.25) is 33.6 Å². The minimum absolute atomic E-state index is 0.00431. The van der Waals surface area contributed by atoms with Crippen LogP contribution < -0.4 is 38.1 Å². The van der Waals surface area contributed by atoms with E-state index >= 15 is 0 Å². The highest BCUT2D eigenvalue weighted by Crippen LogP contribution is 2.14. The van der Waals surface area contributed by atoms with Crippen molar-refractivity contribution in [3.63, 3.8) is 0 Å². The Kier molecular flexibility index (Phi) is 27.2. The number of aryl methyl sites for hydroxylation is 1. The largest absolute Gasteiger partial charge is 0.480 e. The van der Waals surface area contributed by atoms with Crippen molar-refractivity contribution >= 4 is 47.3 Å². The topological polar surface area (TPSA) is 289 Å². The number of hydrogen-bond donors (Lipinski definition) is 9. The molecular weight excluding hydrogens is 847 g/mol. The monoisotopic (exact) mass is 922 g/mol. The molecule has 0 aliphatic heterocycles. The van der Waals surface area contributed by atoms with Gasteiger partial charge in [-0.1, -0.05) is 139 Å². The third kappa shape index (κ3) is 24.4. The lowest BCUT2D eigenvalue weighted by atomic mass is 10.0. The van der Waals surface area contributed by atoms with Crippen molar-refractivity contribution in [2.45, 2.75) is 179 Å². The molecule has 0 aromatic heterocycles. The van der Waals surface area contributed by atoms with Crippen LogP contribution in [-0.2, 0) is 51.2 Å². The van der Waals surface area contributed by atoms with Crippen LogP contribution >= 0.6 is 0 Å². The minimum atomic E-state index is -1.28. The Hall–Kier alpha value is -5.84. The second-order valence-corrected chi connectivity index (χ2v) is 17.6. The first kappa shape index (κ1) is 56.3. The van der Waals surface area contributed by atoms with Crippen LogP contribution in [0.15, 0.2) is 60.7 Å². The quantitative estimate of drug-likeness (QED) is 0.0453. The van der Waals surface area contributed by atoms with Gasteiger partial charge in [0.05, 0.1) is 12.5 Å². The fourth-order valence-electron chi connectivity index (χ4n) is 7.46. The van der Waals surface area contributed by atoms with Gasteiger partial charge in [0.15, 0.2) is 0 Å². The molecule has 6 atom stereocenters. The number of nitrogens with two attached hydrogens (primary N) is 2. The molecule has 0 aliphatic carbocycles. The maximum atomic E-state index is 13.3. The zero-order chi connectivity index (χ0) is 48.9. The van der Waals surface area contributed by atoms with Crippen LogP contribution in [0.25, 0.3) is 0 Å². The number of primary amides is 2. The van der Waals surface area contributed by atoms with Crippen molar-refractivity contribution in [3.8, 4) is 0 Å². The Morgan fingerprint density at radius 2 is 0.970 bits per heavy atom. The zero-order valence-electron chi connectivity index (χ0n) is 39.1. The number of carbonyl (C=O) groups excluding carboxylic acids is 7. The van der Waals surface area contributed by atoms with Gasteiger partial charge in [-0.25, -0.2) is 4.79 Å². The fraction of sp³-hybridized carbons (Fsp3) is 0.592. The summed E-state index contributed by atoms with van der Waals surface area (Å²) in [6, 6.07) is 12.6. The first-order valence-corrected chi connectivity index (χ1v) is 23.5. The third-order valence-electron chi connectivity index (χ3n) is 11.2. The predicted octanol–water partition coefficient (Wildman–Crippen LogP) is 3.62. The number of carboxylic acid groups (broad SMARTS) is 1. The van der Waals surface area contributed by atoms with Crippen LogP contribution in [-0.4, -0.2) is 93.8 Å². The molecule has 0 aliphatic rings. The second kappa shape index (κ2) is 31.9. The standard InChI is InChI=1S/C49H75N7O10/c1-33(2)30-39(46(62)54-38(45(51)61)31-36-24-18-15-19-25-36)55-48(64)44(34(3)57)56-43(60)27-21-13-11-9-7-5-4-6-8-10-12-20-26-42(59)52-40(32-41(50)58)47(63)53-37(49(65)66)29-28-35-22-16-14-17-23-35/h14-19,22-25,33-34,37-40,44,57H,4-13,20-21,26-32H2,1-3H3,(H2,50,58)(H2,51,61)(H,52,59)(H,53,63)(H,54,62)(H,55,64)(H,56,60)(H,65,66)/t34?,37-,38-,39-,40-,44-/m0/s1. The van der Waals surface area contributed by atoms with Gasteiger partial charge in [-0.15, -0.1) is 0 Å². The number of hydrogen-bond acceptors (Lipinski definition) is 9.